The molecule has 1 aromatic carbocycles. The lowest BCUT2D eigenvalue weighted by Gasteiger charge is -2.30. The van der Waals surface area contributed by atoms with Crippen LogP contribution in [0.1, 0.15) is 21.5 Å². The molecule has 0 fully saturated rings. The van der Waals surface area contributed by atoms with E-state index in [2.05, 4.69) is 0 Å². The van der Waals surface area contributed by atoms with E-state index < -0.39 is 46.2 Å². The van der Waals surface area contributed by atoms with Crippen LogP contribution < -0.4 is 21.9 Å². The van der Waals surface area contributed by atoms with Gasteiger partial charge in [-0.25, -0.2) is 4.79 Å². The van der Waals surface area contributed by atoms with Crippen molar-refractivity contribution in [3.8, 4) is 0 Å². The maximum absolute atomic E-state index is 14.1. The normalized spacial score (nSPS) is 18.6. The van der Waals surface area contributed by atoms with Crippen LogP contribution in [-0.4, -0.2) is 27.1 Å². The van der Waals surface area contributed by atoms with E-state index in [4.69, 9.17) is 0 Å². The Balaban J connectivity index is 2.29. The SMILES string of the molecule is Cc1cccc(C(=O)NC2(C(F)(F)F)C(=O)Nc3c2c(=O)n(C)c(=O)n3C)c1. The average molecular weight is 396 g/mol. The number of anilines is 1. The van der Waals surface area contributed by atoms with Gasteiger partial charge in [-0.3, -0.25) is 23.5 Å². The second-order valence-corrected chi connectivity index (χ2v) is 6.45. The summed E-state index contributed by atoms with van der Waals surface area (Å²) in [7, 11) is 2.09. The number of carbonyl (C=O) groups is 2. The summed E-state index contributed by atoms with van der Waals surface area (Å²) < 4.78 is 43.6. The highest BCUT2D eigenvalue weighted by atomic mass is 19.4. The Labute approximate surface area is 155 Å². The van der Waals surface area contributed by atoms with Crippen molar-refractivity contribution >= 4 is 17.6 Å². The molecular formula is C17H15F3N4O4. The maximum atomic E-state index is 14.1. The van der Waals surface area contributed by atoms with Gasteiger partial charge in [0.15, 0.2) is 0 Å². The van der Waals surface area contributed by atoms with Crippen molar-refractivity contribution < 1.29 is 22.8 Å². The van der Waals surface area contributed by atoms with Gasteiger partial charge in [-0.15, -0.1) is 0 Å². The smallest absolute Gasteiger partial charge is 0.326 e. The molecule has 28 heavy (non-hydrogen) atoms. The van der Waals surface area contributed by atoms with E-state index in [1.54, 1.807) is 18.3 Å². The molecule has 3 rings (SSSR count). The van der Waals surface area contributed by atoms with Crippen molar-refractivity contribution in [1.82, 2.24) is 14.5 Å². The van der Waals surface area contributed by atoms with Crippen LogP contribution in [0.25, 0.3) is 0 Å². The van der Waals surface area contributed by atoms with Crippen molar-refractivity contribution in [3.05, 3.63) is 61.8 Å². The van der Waals surface area contributed by atoms with Crippen LogP contribution in [0.3, 0.4) is 0 Å². The molecule has 1 atom stereocenters. The molecule has 2 aromatic rings. The first kappa shape index (κ1) is 19.4. The third kappa shape index (κ3) is 2.53. The third-order valence-electron chi connectivity index (χ3n) is 4.62. The molecule has 1 aliphatic rings. The number of alkyl halides is 3. The van der Waals surface area contributed by atoms with Gasteiger partial charge in [0.2, 0.25) is 0 Å². The fourth-order valence-corrected chi connectivity index (χ4v) is 3.13. The fourth-order valence-electron chi connectivity index (χ4n) is 3.13. The molecule has 0 bridgehead atoms. The largest absolute Gasteiger partial charge is 0.425 e. The van der Waals surface area contributed by atoms with Gasteiger partial charge in [-0.05, 0) is 19.1 Å². The maximum Gasteiger partial charge on any atom is 0.425 e. The lowest BCUT2D eigenvalue weighted by Crippen LogP contribution is -2.62. The van der Waals surface area contributed by atoms with Crippen molar-refractivity contribution in [2.45, 2.75) is 18.6 Å². The number of aromatic nitrogens is 2. The molecule has 0 spiro atoms. The van der Waals surface area contributed by atoms with Crippen molar-refractivity contribution in [1.29, 1.82) is 0 Å². The summed E-state index contributed by atoms with van der Waals surface area (Å²) in [5, 5.41) is 3.61. The summed E-state index contributed by atoms with van der Waals surface area (Å²) in [4.78, 5) is 49.5. The molecule has 11 heteroatoms. The molecular weight excluding hydrogens is 381 g/mol. The van der Waals surface area contributed by atoms with Crippen LogP contribution >= 0.6 is 0 Å². The molecule has 2 heterocycles. The lowest BCUT2D eigenvalue weighted by atomic mass is 9.91. The molecule has 0 radical (unpaired) electrons. The first-order valence-corrected chi connectivity index (χ1v) is 7.99. The summed E-state index contributed by atoms with van der Waals surface area (Å²) in [5.41, 5.74) is -6.46. The number of nitrogens with one attached hydrogen (secondary N) is 2. The Morgan fingerprint density at radius 1 is 1.14 bits per heavy atom. The van der Waals surface area contributed by atoms with E-state index in [-0.39, 0.29) is 5.56 Å². The van der Waals surface area contributed by atoms with Crippen LogP contribution in [0.5, 0.6) is 0 Å². The van der Waals surface area contributed by atoms with Crippen LogP contribution in [-0.2, 0) is 24.4 Å². The number of hydrogen-bond donors (Lipinski definition) is 2. The number of benzene rings is 1. The molecule has 0 aliphatic carbocycles. The fraction of sp³-hybridized carbons (Fsp3) is 0.294. The van der Waals surface area contributed by atoms with Crippen LogP contribution in [0.15, 0.2) is 33.9 Å². The minimum atomic E-state index is -5.36. The number of rotatable bonds is 2. The molecule has 1 aromatic heterocycles. The quantitative estimate of drug-likeness (QED) is 0.773. The molecule has 8 nitrogen and oxygen atoms in total. The van der Waals surface area contributed by atoms with Gasteiger partial charge in [0, 0.05) is 19.7 Å². The van der Waals surface area contributed by atoms with E-state index in [0.717, 1.165) is 14.1 Å². The molecule has 1 aliphatic heterocycles. The van der Waals surface area contributed by atoms with Gasteiger partial charge in [-0.2, -0.15) is 13.2 Å². The van der Waals surface area contributed by atoms with Crippen LogP contribution in [0.4, 0.5) is 19.0 Å². The zero-order valence-electron chi connectivity index (χ0n) is 15.0. The predicted octanol–water partition coefficient (Wildman–Crippen LogP) is 0.532. The van der Waals surface area contributed by atoms with E-state index >= 15 is 0 Å². The third-order valence-corrected chi connectivity index (χ3v) is 4.62. The van der Waals surface area contributed by atoms with E-state index in [9.17, 15) is 32.3 Å². The second-order valence-electron chi connectivity index (χ2n) is 6.45. The highest BCUT2D eigenvalue weighted by Crippen LogP contribution is 2.45. The Bertz CT molecular complexity index is 1130. The Hall–Kier alpha value is -3.37. The highest BCUT2D eigenvalue weighted by molar-refractivity contribution is 6.09. The summed E-state index contributed by atoms with van der Waals surface area (Å²) in [5.74, 6) is -3.48. The van der Waals surface area contributed by atoms with E-state index in [0.29, 0.717) is 14.7 Å². The number of halogens is 3. The molecule has 2 amide bonds. The number of carbonyl (C=O) groups excluding carboxylic acids is 2. The number of nitrogens with zero attached hydrogens (tertiary/aromatic N) is 2. The van der Waals surface area contributed by atoms with Gasteiger partial charge in [0.1, 0.15) is 11.4 Å². The van der Waals surface area contributed by atoms with Crippen molar-refractivity contribution in [2.75, 3.05) is 5.32 Å². The first-order valence-electron chi connectivity index (χ1n) is 7.99. The van der Waals surface area contributed by atoms with E-state index in [1.807, 2.05) is 5.32 Å². The summed E-state index contributed by atoms with van der Waals surface area (Å²) in [6, 6.07) is 5.72. The second kappa shape index (κ2) is 6.08. The molecule has 148 valence electrons. The van der Waals surface area contributed by atoms with Gasteiger partial charge < -0.3 is 10.6 Å². The minimum Gasteiger partial charge on any atom is -0.326 e. The number of amides is 2. The zero-order valence-corrected chi connectivity index (χ0v) is 15.0. The number of hydrogen-bond acceptors (Lipinski definition) is 4. The predicted molar refractivity (Wildman–Crippen MR) is 91.9 cm³/mol. The topological polar surface area (TPSA) is 102 Å². The van der Waals surface area contributed by atoms with Gasteiger partial charge in [-0.1, -0.05) is 17.7 Å². The standard InChI is InChI=1S/C17H15F3N4O4/c1-8-5-4-6-9(7-8)12(25)22-16(17(18,19)20)10-11(21-14(16)27)23(2)15(28)24(3)13(10)26/h4-7H,1-3H3,(H,21,27)(H,22,25). The summed E-state index contributed by atoms with van der Waals surface area (Å²) in [6.07, 6.45) is -5.36. The molecule has 0 saturated carbocycles. The highest BCUT2D eigenvalue weighted by Gasteiger charge is 2.68. The van der Waals surface area contributed by atoms with Gasteiger partial charge in [0.25, 0.3) is 22.9 Å². The van der Waals surface area contributed by atoms with Gasteiger partial charge in [0.05, 0.1) is 0 Å². The van der Waals surface area contributed by atoms with Gasteiger partial charge >= 0.3 is 11.9 Å². The first-order chi connectivity index (χ1) is 12.9. The molecule has 1 unspecified atom stereocenters. The summed E-state index contributed by atoms with van der Waals surface area (Å²) >= 11 is 0. The van der Waals surface area contributed by atoms with Crippen molar-refractivity contribution in [2.24, 2.45) is 14.1 Å². The lowest BCUT2D eigenvalue weighted by molar-refractivity contribution is -0.196. The Kier molecular flexibility index (Phi) is 4.21. The van der Waals surface area contributed by atoms with E-state index in [1.165, 1.54) is 18.2 Å². The molecule has 2 N–H and O–H groups in total. The van der Waals surface area contributed by atoms with Crippen molar-refractivity contribution in [3.63, 3.8) is 0 Å². The number of aryl methyl sites for hydroxylation is 1. The summed E-state index contributed by atoms with van der Waals surface area (Å²) in [6.45, 7) is 1.64. The monoisotopic (exact) mass is 396 g/mol. The zero-order chi connectivity index (χ0) is 21.0. The average Bonchev–Trinajstić information content (AvgIpc) is 2.91. The Morgan fingerprint density at radius 3 is 2.36 bits per heavy atom. The molecule has 0 saturated heterocycles. The van der Waals surface area contributed by atoms with Crippen LogP contribution in [0, 0.1) is 6.92 Å². The Morgan fingerprint density at radius 2 is 1.79 bits per heavy atom. The minimum absolute atomic E-state index is 0.119. The number of fused-ring (bicyclic) bond motifs is 1. The van der Waals surface area contributed by atoms with Crippen LogP contribution in [0.2, 0.25) is 0 Å².